The highest BCUT2D eigenvalue weighted by molar-refractivity contribution is 7.14. The molecule has 7 nitrogen and oxygen atoms in total. The maximum absolute atomic E-state index is 12.7. The summed E-state index contributed by atoms with van der Waals surface area (Å²) in [6, 6.07) is 16.4. The molecule has 2 N–H and O–H groups in total. The summed E-state index contributed by atoms with van der Waals surface area (Å²) in [6.07, 6.45) is 13.0. The standard InChI is InChI=1S/C34H37N3O4S/c1-2-3-4-5-6-18-41-28-16-14-24(15-17-28)27-21-35-32(36-22-27)25-12-10-23(11-13-25)19-29(34(39)40)37-33(38)31-20-26-8-7-9-30(26)42-31/h10-17,20-22,29H,2-9,18-19H2,1H3,(H,37,38)(H,39,40)/t29-/m0/s1. The molecule has 0 aliphatic heterocycles. The predicted octanol–water partition coefficient (Wildman–Crippen LogP) is 7.14. The number of aliphatic carboxylic acids is 1. The minimum atomic E-state index is -1.06. The zero-order valence-electron chi connectivity index (χ0n) is 24.0. The van der Waals surface area contributed by atoms with Crippen LogP contribution in [0.2, 0.25) is 0 Å². The number of nitrogens with one attached hydrogen (secondary N) is 1. The molecule has 0 fully saturated rings. The lowest BCUT2D eigenvalue weighted by atomic mass is 10.0. The largest absolute Gasteiger partial charge is 0.494 e. The third-order valence-electron chi connectivity index (χ3n) is 7.58. The molecule has 2 aromatic carbocycles. The molecule has 1 aliphatic carbocycles. The van der Waals surface area contributed by atoms with Gasteiger partial charge in [0.25, 0.3) is 5.91 Å². The van der Waals surface area contributed by atoms with Crippen molar-refractivity contribution in [2.24, 2.45) is 0 Å². The summed E-state index contributed by atoms with van der Waals surface area (Å²) in [5, 5.41) is 12.5. The van der Waals surface area contributed by atoms with E-state index in [1.807, 2.05) is 54.6 Å². The highest BCUT2D eigenvalue weighted by Gasteiger charge is 2.24. The average molecular weight is 584 g/mol. The Kier molecular flexibility index (Phi) is 9.98. The van der Waals surface area contributed by atoms with Gasteiger partial charge in [-0.05, 0) is 60.6 Å². The number of carbonyl (C=O) groups is 2. The summed E-state index contributed by atoms with van der Waals surface area (Å²) in [7, 11) is 0. The number of benzene rings is 2. The number of rotatable bonds is 14. The van der Waals surface area contributed by atoms with E-state index in [2.05, 4.69) is 22.2 Å². The third kappa shape index (κ3) is 7.62. The van der Waals surface area contributed by atoms with E-state index in [0.717, 1.165) is 60.3 Å². The van der Waals surface area contributed by atoms with E-state index in [0.29, 0.717) is 10.7 Å². The zero-order chi connectivity index (χ0) is 29.3. The van der Waals surface area contributed by atoms with Crippen LogP contribution >= 0.6 is 11.3 Å². The fourth-order valence-electron chi connectivity index (χ4n) is 5.16. The van der Waals surface area contributed by atoms with Crippen molar-refractivity contribution in [3.05, 3.63) is 87.9 Å². The van der Waals surface area contributed by atoms with Gasteiger partial charge in [0.05, 0.1) is 11.5 Å². The van der Waals surface area contributed by atoms with Gasteiger partial charge in [-0.2, -0.15) is 0 Å². The van der Waals surface area contributed by atoms with E-state index in [4.69, 9.17) is 4.74 Å². The number of aromatic nitrogens is 2. The maximum atomic E-state index is 12.7. The second kappa shape index (κ2) is 14.2. The van der Waals surface area contributed by atoms with Crippen LogP contribution in [0, 0.1) is 0 Å². The van der Waals surface area contributed by atoms with Crippen molar-refractivity contribution in [3.63, 3.8) is 0 Å². The molecule has 2 heterocycles. The number of carboxylic acid groups (broad SMARTS) is 1. The highest BCUT2D eigenvalue weighted by atomic mass is 32.1. The number of nitrogens with zero attached hydrogens (tertiary/aromatic N) is 2. The van der Waals surface area contributed by atoms with Gasteiger partial charge < -0.3 is 15.2 Å². The van der Waals surface area contributed by atoms with E-state index < -0.39 is 12.0 Å². The smallest absolute Gasteiger partial charge is 0.326 e. The molecule has 1 atom stereocenters. The SMILES string of the molecule is CCCCCCCOc1ccc(-c2cnc(-c3ccc(C[C@H](NC(=O)c4cc5c(s4)CCC5)C(=O)O)cc3)nc2)cc1. The van der Waals surface area contributed by atoms with Crippen molar-refractivity contribution < 1.29 is 19.4 Å². The molecule has 5 rings (SSSR count). The number of fused-ring (bicyclic) bond motifs is 1. The lowest BCUT2D eigenvalue weighted by Gasteiger charge is -2.14. The van der Waals surface area contributed by atoms with Crippen LogP contribution in [-0.4, -0.2) is 39.6 Å². The molecule has 0 saturated heterocycles. The fourth-order valence-corrected chi connectivity index (χ4v) is 6.32. The Hall–Kier alpha value is -4.04. The van der Waals surface area contributed by atoms with Crippen LogP contribution in [0.3, 0.4) is 0 Å². The van der Waals surface area contributed by atoms with E-state index in [-0.39, 0.29) is 12.3 Å². The van der Waals surface area contributed by atoms with Crippen molar-refractivity contribution in [3.8, 4) is 28.3 Å². The van der Waals surface area contributed by atoms with Gasteiger partial charge in [-0.15, -0.1) is 11.3 Å². The lowest BCUT2D eigenvalue weighted by molar-refractivity contribution is -0.139. The summed E-state index contributed by atoms with van der Waals surface area (Å²) < 4.78 is 5.87. The van der Waals surface area contributed by atoms with E-state index in [1.54, 1.807) is 12.4 Å². The summed E-state index contributed by atoms with van der Waals surface area (Å²) in [5.41, 5.74) is 4.78. The van der Waals surface area contributed by atoms with Crippen LogP contribution < -0.4 is 10.1 Å². The number of hydrogen-bond acceptors (Lipinski definition) is 6. The molecule has 0 spiro atoms. The molecule has 4 aromatic rings. The van der Waals surface area contributed by atoms with Gasteiger partial charge in [-0.3, -0.25) is 4.79 Å². The molecule has 0 unspecified atom stereocenters. The normalized spacial score (nSPS) is 13.0. The Balaban J connectivity index is 1.15. The quantitative estimate of drug-likeness (QED) is 0.153. The van der Waals surface area contributed by atoms with Gasteiger partial charge in [0, 0.05) is 34.8 Å². The first-order chi connectivity index (χ1) is 20.5. The maximum Gasteiger partial charge on any atom is 0.326 e. The van der Waals surface area contributed by atoms with Crippen LogP contribution in [0.5, 0.6) is 5.75 Å². The minimum Gasteiger partial charge on any atom is -0.494 e. The first-order valence-electron chi connectivity index (χ1n) is 14.8. The Labute approximate surface area is 251 Å². The zero-order valence-corrected chi connectivity index (χ0v) is 24.8. The number of aryl methyl sites for hydroxylation is 2. The molecule has 1 amide bonds. The van der Waals surface area contributed by atoms with Crippen LogP contribution in [0.25, 0.3) is 22.5 Å². The Morgan fingerprint density at radius 3 is 2.33 bits per heavy atom. The second-order valence-electron chi connectivity index (χ2n) is 10.8. The van der Waals surface area contributed by atoms with Crippen LogP contribution in [0.4, 0.5) is 0 Å². The molecule has 0 radical (unpaired) electrons. The van der Waals surface area contributed by atoms with Crippen LogP contribution in [0.15, 0.2) is 67.0 Å². The van der Waals surface area contributed by atoms with Crippen LogP contribution in [0.1, 0.15) is 71.1 Å². The molecular formula is C34H37N3O4S. The molecule has 8 heteroatoms. The molecule has 0 saturated carbocycles. The summed E-state index contributed by atoms with van der Waals surface area (Å²) in [5.74, 6) is 0.0675. The van der Waals surface area contributed by atoms with Gasteiger partial charge in [-0.1, -0.05) is 69.0 Å². The summed E-state index contributed by atoms with van der Waals surface area (Å²) in [6.45, 7) is 2.96. The molecule has 2 aromatic heterocycles. The first kappa shape index (κ1) is 29.5. The Morgan fingerprint density at radius 1 is 0.929 bits per heavy atom. The lowest BCUT2D eigenvalue weighted by Crippen LogP contribution is -2.42. The van der Waals surface area contributed by atoms with Gasteiger partial charge in [0.2, 0.25) is 0 Å². The third-order valence-corrected chi connectivity index (χ3v) is 8.82. The fraction of sp³-hybridized carbons (Fsp3) is 0.353. The van der Waals surface area contributed by atoms with E-state index in [9.17, 15) is 14.7 Å². The van der Waals surface area contributed by atoms with Crippen molar-refractivity contribution in [2.45, 2.75) is 70.8 Å². The topological polar surface area (TPSA) is 101 Å². The van der Waals surface area contributed by atoms with Crippen molar-refractivity contribution in [1.29, 1.82) is 0 Å². The number of hydrogen-bond donors (Lipinski definition) is 2. The first-order valence-corrected chi connectivity index (χ1v) is 15.6. The number of amides is 1. The molecular weight excluding hydrogens is 546 g/mol. The van der Waals surface area contributed by atoms with Crippen LogP contribution in [-0.2, 0) is 24.1 Å². The van der Waals surface area contributed by atoms with Crippen molar-refractivity contribution >= 4 is 23.2 Å². The number of unbranched alkanes of at least 4 members (excludes halogenated alkanes) is 4. The molecule has 42 heavy (non-hydrogen) atoms. The van der Waals surface area contributed by atoms with Crippen molar-refractivity contribution in [2.75, 3.05) is 6.61 Å². The van der Waals surface area contributed by atoms with Gasteiger partial charge in [0.1, 0.15) is 11.8 Å². The highest BCUT2D eigenvalue weighted by Crippen LogP contribution is 2.30. The predicted molar refractivity (Wildman–Crippen MR) is 166 cm³/mol. The number of thiophene rings is 1. The Bertz CT molecular complexity index is 1460. The number of carbonyl (C=O) groups excluding carboxylic acids is 1. The number of carboxylic acids is 1. The van der Waals surface area contributed by atoms with E-state index in [1.165, 1.54) is 47.5 Å². The minimum absolute atomic E-state index is 0.185. The molecule has 218 valence electrons. The number of ether oxygens (including phenoxy) is 1. The van der Waals surface area contributed by atoms with Gasteiger partial charge in [0.15, 0.2) is 5.82 Å². The van der Waals surface area contributed by atoms with E-state index >= 15 is 0 Å². The second-order valence-corrected chi connectivity index (χ2v) is 11.9. The van der Waals surface area contributed by atoms with Crippen molar-refractivity contribution in [1.82, 2.24) is 15.3 Å². The monoisotopic (exact) mass is 583 g/mol. The molecule has 0 bridgehead atoms. The van der Waals surface area contributed by atoms with Gasteiger partial charge >= 0.3 is 5.97 Å². The summed E-state index contributed by atoms with van der Waals surface area (Å²) >= 11 is 1.47. The molecule has 1 aliphatic rings. The average Bonchev–Trinajstić information content (AvgIpc) is 3.63. The van der Waals surface area contributed by atoms with Gasteiger partial charge in [-0.25, -0.2) is 14.8 Å². The Morgan fingerprint density at radius 2 is 1.64 bits per heavy atom. The summed E-state index contributed by atoms with van der Waals surface area (Å²) in [4.78, 5) is 35.6.